The lowest BCUT2D eigenvalue weighted by Gasteiger charge is -2.44. The van der Waals surface area contributed by atoms with E-state index in [1.54, 1.807) is 11.4 Å². The molecule has 0 unspecified atom stereocenters. The Morgan fingerprint density at radius 1 is 1.08 bits per heavy atom. The predicted molar refractivity (Wildman–Crippen MR) is 141 cm³/mol. The number of nitrogens with zero attached hydrogens (tertiary/aromatic N) is 3. The van der Waals surface area contributed by atoms with Crippen LogP contribution < -0.4 is 9.80 Å². The van der Waals surface area contributed by atoms with Crippen LogP contribution in [0.3, 0.4) is 0 Å². The molecule has 4 rings (SSSR count). The lowest BCUT2D eigenvalue weighted by atomic mass is 9.95. The van der Waals surface area contributed by atoms with Crippen LogP contribution in [0.5, 0.6) is 0 Å². The van der Waals surface area contributed by atoms with Crippen LogP contribution in [-0.4, -0.2) is 62.1 Å². The van der Waals surface area contributed by atoms with Crippen LogP contribution >= 0.6 is 11.3 Å². The standard InChI is InChI=1S/C26H27F4N3O4S2/c1-18(34)33(22-11-7-20(27)8-12-22)17-23-16-31(39(36,37)24-4-3-15-38-24)13-14-32(23)21-9-5-19(6-10-21)25(2,35)26(28,29)30/h3-12,15,23,35H,13-14,16-17H2,1-2H3/t23-,25-/m1/s1. The van der Waals surface area contributed by atoms with Gasteiger partial charge in [-0.15, -0.1) is 11.3 Å². The minimum atomic E-state index is -4.88. The van der Waals surface area contributed by atoms with Gasteiger partial charge in [0.1, 0.15) is 10.0 Å². The number of alkyl halides is 3. The van der Waals surface area contributed by atoms with Crippen molar-refractivity contribution in [3.8, 4) is 0 Å². The Labute approximate surface area is 227 Å². The molecule has 1 amide bonds. The maximum absolute atomic E-state index is 13.5. The molecule has 1 aliphatic rings. The number of thiophene rings is 1. The third-order valence-corrected chi connectivity index (χ3v) is 10.00. The molecule has 1 aromatic heterocycles. The highest BCUT2D eigenvalue weighted by molar-refractivity contribution is 7.91. The van der Waals surface area contributed by atoms with E-state index in [0.717, 1.165) is 11.3 Å². The summed E-state index contributed by atoms with van der Waals surface area (Å²) in [6.45, 7) is 2.33. The molecule has 1 fully saturated rings. The molecule has 1 aliphatic heterocycles. The fourth-order valence-electron chi connectivity index (χ4n) is 4.47. The van der Waals surface area contributed by atoms with Gasteiger partial charge in [0.05, 0.1) is 6.04 Å². The van der Waals surface area contributed by atoms with Crippen molar-refractivity contribution in [3.63, 3.8) is 0 Å². The number of sulfonamides is 1. The molecule has 0 spiro atoms. The van der Waals surface area contributed by atoms with Gasteiger partial charge >= 0.3 is 6.18 Å². The van der Waals surface area contributed by atoms with Gasteiger partial charge in [-0.3, -0.25) is 4.79 Å². The number of amides is 1. The SMILES string of the molecule is CC(=O)N(C[C@H]1CN(S(=O)(=O)c2cccs2)CCN1c1ccc([C@@](C)(O)C(F)(F)F)cc1)c1ccc(F)cc1. The average Bonchev–Trinajstić information content (AvgIpc) is 3.43. The number of piperazine rings is 1. The van der Waals surface area contributed by atoms with E-state index in [2.05, 4.69) is 0 Å². The smallest absolute Gasteiger partial charge is 0.376 e. The first-order valence-corrected chi connectivity index (χ1v) is 14.3. The van der Waals surface area contributed by atoms with Crippen molar-refractivity contribution in [1.82, 2.24) is 4.31 Å². The summed E-state index contributed by atoms with van der Waals surface area (Å²) in [5.74, 6) is -0.832. The van der Waals surface area contributed by atoms with Gasteiger partial charge in [0, 0.05) is 44.5 Å². The van der Waals surface area contributed by atoms with E-state index in [1.807, 2.05) is 4.90 Å². The maximum Gasteiger partial charge on any atom is 0.421 e. The normalized spacial score (nSPS) is 18.5. The first-order valence-electron chi connectivity index (χ1n) is 12.0. The van der Waals surface area contributed by atoms with Crippen LogP contribution in [-0.2, 0) is 20.4 Å². The van der Waals surface area contributed by atoms with Crippen LogP contribution in [0.25, 0.3) is 0 Å². The molecule has 2 aromatic carbocycles. The molecule has 1 N–H and O–H groups in total. The molecule has 7 nitrogen and oxygen atoms in total. The van der Waals surface area contributed by atoms with E-state index in [-0.39, 0.29) is 41.9 Å². The Morgan fingerprint density at radius 2 is 1.72 bits per heavy atom. The van der Waals surface area contributed by atoms with E-state index < -0.39 is 33.7 Å². The lowest BCUT2D eigenvalue weighted by molar-refractivity contribution is -0.258. The van der Waals surface area contributed by atoms with Crippen LogP contribution in [0.2, 0.25) is 0 Å². The molecule has 0 radical (unpaired) electrons. The summed E-state index contributed by atoms with van der Waals surface area (Å²) >= 11 is 1.09. The third kappa shape index (κ3) is 5.96. The van der Waals surface area contributed by atoms with Gasteiger partial charge in [0.2, 0.25) is 5.91 Å². The molecule has 2 heterocycles. The summed E-state index contributed by atoms with van der Waals surface area (Å²) in [4.78, 5) is 15.8. The van der Waals surface area contributed by atoms with E-state index in [0.29, 0.717) is 18.3 Å². The van der Waals surface area contributed by atoms with E-state index in [9.17, 15) is 35.9 Å². The Hall–Kier alpha value is -3.00. The highest BCUT2D eigenvalue weighted by Gasteiger charge is 2.51. The number of anilines is 2. The number of halogens is 4. The molecule has 0 aliphatic carbocycles. The van der Waals surface area contributed by atoms with Gasteiger partial charge in [0.25, 0.3) is 10.0 Å². The van der Waals surface area contributed by atoms with Crippen molar-refractivity contribution in [3.05, 3.63) is 77.4 Å². The molecule has 39 heavy (non-hydrogen) atoms. The highest BCUT2D eigenvalue weighted by Crippen LogP contribution is 2.39. The molecule has 210 valence electrons. The van der Waals surface area contributed by atoms with Gasteiger partial charge in [-0.1, -0.05) is 18.2 Å². The Kier molecular flexibility index (Phi) is 8.08. The summed E-state index contributed by atoms with van der Waals surface area (Å²) < 4.78 is 81.6. The lowest BCUT2D eigenvalue weighted by Crippen LogP contribution is -2.58. The zero-order valence-corrected chi connectivity index (χ0v) is 22.7. The van der Waals surface area contributed by atoms with E-state index in [4.69, 9.17) is 0 Å². The first-order chi connectivity index (χ1) is 18.2. The number of benzene rings is 2. The number of carbonyl (C=O) groups is 1. The van der Waals surface area contributed by atoms with Gasteiger partial charge in [-0.25, -0.2) is 12.8 Å². The second kappa shape index (κ2) is 10.9. The monoisotopic (exact) mass is 585 g/mol. The average molecular weight is 586 g/mol. The van der Waals surface area contributed by atoms with Crippen molar-refractivity contribution < 1.29 is 35.9 Å². The number of carbonyl (C=O) groups excluding carboxylic acids is 1. The maximum atomic E-state index is 13.5. The second-order valence-electron chi connectivity index (χ2n) is 9.37. The zero-order valence-electron chi connectivity index (χ0n) is 21.1. The topological polar surface area (TPSA) is 81.2 Å². The van der Waals surface area contributed by atoms with Crippen molar-refractivity contribution in [2.45, 2.75) is 35.9 Å². The van der Waals surface area contributed by atoms with Crippen molar-refractivity contribution in [1.29, 1.82) is 0 Å². The molecule has 13 heteroatoms. The Bertz CT molecular complexity index is 1390. The van der Waals surface area contributed by atoms with Crippen molar-refractivity contribution in [2.24, 2.45) is 0 Å². The summed E-state index contributed by atoms with van der Waals surface area (Å²) in [6, 6.07) is 13.1. The van der Waals surface area contributed by atoms with Crippen molar-refractivity contribution >= 4 is 38.6 Å². The summed E-state index contributed by atoms with van der Waals surface area (Å²) in [7, 11) is -3.81. The quantitative estimate of drug-likeness (QED) is 0.411. The number of hydrogen-bond acceptors (Lipinski definition) is 6. The van der Waals surface area contributed by atoms with Gasteiger partial charge in [-0.2, -0.15) is 17.5 Å². The van der Waals surface area contributed by atoms with Crippen LogP contribution in [0.1, 0.15) is 19.4 Å². The third-order valence-electron chi connectivity index (χ3n) is 6.76. The number of hydrogen-bond donors (Lipinski definition) is 1. The van der Waals surface area contributed by atoms with Crippen molar-refractivity contribution in [2.75, 3.05) is 36.0 Å². The fraction of sp³-hybridized carbons (Fsp3) is 0.346. The number of rotatable bonds is 7. The summed E-state index contributed by atoms with van der Waals surface area (Å²) in [5.41, 5.74) is -2.48. The Morgan fingerprint density at radius 3 is 2.26 bits per heavy atom. The van der Waals surface area contributed by atoms with E-state index in [1.165, 1.54) is 70.7 Å². The molecule has 3 aromatic rings. The largest absolute Gasteiger partial charge is 0.421 e. The molecule has 1 saturated heterocycles. The van der Waals surface area contributed by atoms with Crippen LogP contribution in [0.15, 0.2) is 70.3 Å². The number of aliphatic hydroxyl groups is 1. The van der Waals surface area contributed by atoms with E-state index >= 15 is 0 Å². The van der Waals surface area contributed by atoms with Crippen LogP contribution in [0, 0.1) is 5.82 Å². The minimum absolute atomic E-state index is 0.00672. The van der Waals surface area contributed by atoms with Gasteiger partial charge < -0.3 is 14.9 Å². The molecule has 2 atom stereocenters. The van der Waals surface area contributed by atoms with Crippen LogP contribution in [0.4, 0.5) is 28.9 Å². The second-order valence-corrected chi connectivity index (χ2v) is 12.5. The minimum Gasteiger partial charge on any atom is -0.376 e. The van der Waals surface area contributed by atoms with Gasteiger partial charge in [-0.05, 0) is 60.3 Å². The molecule has 0 bridgehead atoms. The first kappa shape index (κ1) is 29.0. The summed E-state index contributed by atoms with van der Waals surface area (Å²) in [5, 5.41) is 11.7. The highest BCUT2D eigenvalue weighted by atomic mass is 32.2. The predicted octanol–water partition coefficient (Wildman–Crippen LogP) is 4.59. The molecular formula is C26H27F4N3O4S2. The fourth-order valence-corrected chi connectivity index (χ4v) is 7.08. The molecular weight excluding hydrogens is 558 g/mol. The zero-order chi connectivity index (χ0) is 28.6. The summed E-state index contributed by atoms with van der Waals surface area (Å²) in [6.07, 6.45) is -4.88. The van der Waals surface area contributed by atoms with Gasteiger partial charge in [0.15, 0.2) is 5.60 Å². The Balaban J connectivity index is 1.68. The molecule has 0 saturated carbocycles.